The van der Waals surface area contributed by atoms with Crippen molar-refractivity contribution in [3.63, 3.8) is 0 Å². The standard InChI is InChI=1S/C25H17NOSe/c1-3-11-19(12-4-1)23-25(28-20-14-5-2-6-15-20)24(27-26-23)22-17-9-13-18-10-7-8-16-21(18)22/h1-17H. The van der Waals surface area contributed by atoms with Gasteiger partial charge in [-0.1, -0.05) is 0 Å². The van der Waals surface area contributed by atoms with Gasteiger partial charge in [-0.15, -0.1) is 0 Å². The van der Waals surface area contributed by atoms with Gasteiger partial charge in [0.05, 0.1) is 0 Å². The Balaban J connectivity index is 1.73. The van der Waals surface area contributed by atoms with E-state index in [4.69, 9.17) is 4.52 Å². The molecule has 3 heteroatoms. The Labute approximate surface area is 170 Å². The van der Waals surface area contributed by atoms with Crippen LogP contribution in [0.4, 0.5) is 0 Å². The van der Waals surface area contributed by atoms with Gasteiger partial charge in [-0.2, -0.15) is 0 Å². The molecule has 2 nitrogen and oxygen atoms in total. The molecule has 28 heavy (non-hydrogen) atoms. The predicted molar refractivity (Wildman–Crippen MR) is 116 cm³/mol. The van der Waals surface area contributed by atoms with E-state index in [-0.39, 0.29) is 15.0 Å². The first kappa shape index (κ1) is 17.0. The topological polar surface area (TPSA) is 26.0 Å². The molecular weight excluding hydrogens is 409 g/mol. The van der Waals surface area contributed by atoms with Crippen LogP contribution in [0, 0.1) is 0 Å². The normalized spacial score (nSPS) is 11.0. The van der Waals surface area contributed by atoms with Crippen molar-refractivity contribution in [2.45, 2.75) is 0 Å². The number of hydrogen-bond acceptors (Lipinski definition) is 2. The average molecular weight is 426 g/mol. The predicted octanol–water partition coefficient (Wildman–Crippen LogP) is 4.82. The molecule has 0 amide bonds. The molecule has 134 valence electrons. The molecule has 0 N–H and O–H groups in total. The molecule has 0 fully saturated rings. The van der Waals surface area contributed by atoms with Crippen molar-refractivity contribution in [3.05, 3.63) is 103 Å². The Hall–Kier alpha value is -3.13. The molecule has 4 aromatic carbocycles. The zero-order valence-electron chi connectivity index (χ0n) is 15.1. The summed E-state index contributed by atoms with van der Waals surface area (Å²) in [6.07, 6.45) is 0. The molecule has 1 aromatic heterocycles. The van der Waals surface area contributed by atoms with E-state index in [2.05, 4.69) is 90.1 Å². The Morgan fingerprint density at radius 1 is 0.643 bits per heavy atom. The van der Waals surface area contributed by atoms with Gasteiger partial charge in [0.25, 0.3) is 0 Å². The number of benzene rings is 4. The van der Waals surface area contributed by atoms with Crippen molar-refractivity contribution >= 4 is 34.7 Å². The summed E-state index contributed by atoms with van der Waals surface area (Å²) in [7, 11) is 0. The zero-order valence-corrected chi connectivity index (χ0v) is 16.8. The minimum absolute atomic E-state index is 0.0821. The van der Waals surface area contributed by atoms with Gasteiger partial charge >= 0.3 is 170 Å². The van der Waals surface area contributed by atoms with Crippen LogP contribution in [0.3, 0.4) is 0 Å². The molecule has 0 atom stereocenters. The Morgan fingerprint density at radius 2 is 1.32 bits per heavy atom. The molecular formula is C25H17NOSe. The summed E-state index contributed by atoms with van der Waals surface area (Å²) in [5, 5.41) is 6.90. The summed E-state index contributed by atoms with van der Waals surface area (Å²) < 4.78 is 8.47. The Kier molecular flexibility index (Phi) is 4.54. The summed E-state index contributed by atoms with van der Waals surface area (Å²) in [5.74, 6) is 0.875. The van der Waals surface area contributed by atoms with Gasteiger partial charge in [0.2, 0.25) is 0 Å². The second-order valence-corrected chi connectivity index (χ2v) is 8.77. The third-order valence-electron chi connectivity index (χ3n) is 4.69. The first-order chi connectivity index (χ1) is 13.9. The van der Waals surface area contributed by atoms with E-state index in [1.54, 1.807) is 0 Å². The zero-order chi connectivity index (χ0) is 18.8. The van der Waals surface area contributed by atoms with Gasteiger partial charge in [-0.3, -0.25) is 0 Å². The van der Waals surface area contributed by atoms with Gasteiger partial charge in [0, 0.05) is 0 Å². The number of aromatic nitrogens is 1. The molecule has 0 saturated heterocycles. The van der Waals surface area contributed by atoms with Crippen LogP contribution in [0.2, 0.25) is 0 Å². The van der Waals surface area contributed by atoms with Crippen molar-refractivity contribution in [3.8, 4) is 22.6 Å². The average Bonchev–Trinajstić information content (AvgIpc) is 3.18. The second-order valence-electron chi connectivity index (χ2n) is 6.50. The molecule has 0 aliphatic heterocycles. The maximum atomic E-state index is 5.98. The quantitative estimate of drug-likeness (QED) is 0.386. The molecule has 0 radical (unpaired) electrons. The van der Waals surface area contributed by atoms with Gasteiger partial charge in [-0.05, 0) is 0 Å². The van der Waals surface area contributed by atoms with Crippen LogP contribution in [0.15, 0.2) is 108 Å². The Bertz CT molecular complexity index is 1220. The van der Waals surface area contributed by atoms with E-state index in [9.17, 15) is 0 Å². The fourth-order valence-corrected chi connectivity index (χ4v) is 5.50. The van der Waals surface area contributed by atoms with Gasteiger partial charge in [-0.25, -0.2) is 0 Å². The monoisotopic (exact) mass is 427 g/mol. The van der Waals surface area contributed by atoms with Crippen LogP contribution >= 0.6 is 0 Å². The van der Waals surface area contributed by atoms with Crippen molar-refractivity contribution in [2.24, 2.45) is 0 Å². The maximum absolute atomic E-state index is 5.98. The van der Waals surface area contributed by atoms with Crippen LogP contribution in [0.25, 0.3) is 33.4 Å². The van der Waals surface area contributed by atoms with E-state index >= 15 is 0 Å². The first-order valence-electron chi connectivity index (χ1n) is 9.16. The number of rotatable bonds is 4. The minimum atomic E-state index is 0.0821. The summed E-state index contributed by atoms with van der Waals surface area (Å²) in [5.41, 5.74) is 3.12. The summed E-state index contributed by atoms with van der Waals surface area (Å²) >= 11 is 0.0821. The van der Waals surface area contributed by atoms with Crippen molar-refractivity contribution in [1.29, 1.82) is 0 Å². The molecule has 0 bridgehead atoms. The van der Waals surface area contributed by atoms with Gasteiger partial charge < -0.3 is 0 Å². The van der Waals surface area contributed by atoms with E-state index in [1.165, 1.54) is 19.7 Å². The second kappa shape index (κ2) is 7.47. The first-order valence-corrected chi connectivity index (χ1v) is 10.9. The van der Waals surface area contributed by atoms with Crippen molar-refractivity contribution in [2.75, 3.05) is 0 Å². The van der Waals surface area contributed by atoms with Crippen LogP contribution < -0.4 is 8.92 Å². The number of hydrogen-bond donors (Lipinski definition) is 0. The Morgan fingerprint density at radius 3 is 2.14 bits per heavy atom. The van der Waals surface area contributed by atoms with Gasteiger partial charge in [0.1, 0.15) is 0 Å². The molecule has 0 aliphatic carbocycles. The SMILES string of the molecule is c1ccc([Se]c2c(-c3ccccc3)noc2-c2cccc3ccccc23)cc1. The molecule has 5 rings (SSSR count). The van der Waals surface area contributed by atoms with Crippen molar-refractivity contribution < 1.29 is 4.52 Å². The van der Waals surface area contributed by atoms with Crippen LogP contribution in [0.1, 0.15) is 0 Å². The van der Waals surface area contributed by atoms with Crippen molar-refractivity contribution in [1.82, 2.24) is 5.16 Å². The molecule has 5 aromatic rings. The van der Waals surface area contributed by atoms with Crippen LogP contribution in [-0.2, 0) is 0 Å². The summed E-state index contributed by atoms with van der Waals surface area (Å²) in [6, 6.07) is 35.6. The molecule has 0 spiro atoms. The van der Waals surface area contributed by atoms with E-state index in [1.807, 2.05) is 18.2 Å². The third kappa shape index (κ3) is 3.16. The fraction of sp³-hybridized carbons (Fsp3) is 0. The number of nitrogens with zero attached hydrogens (tertiary/aromatic N) is 1. The molecule has 1 heterocycles. The van der Waals surface area contributed by atoms with Crippen LogP contribution in [0.5, 0.6) is 0 Å². The third-order valence-corrected chi connectivity index (χ3v) is 6.98. The van der Waals surface area contributed by atoms with Crippen LogP contribution in [-0.4, -0.2) is 20.1 Å². The number of fused-ring (bicyclic) bond motifs is 1. The summed E-state index contributed by atoms with van der Waals surface area (Å²) in [4.78, 5) is 0. The van der Waals surface area contributed by atoms with E-state index in [0.717, 1.165) is 22.6 Å². The fourth-order valence-electron chi connectivity index (χ4n) is 3.36. The van der Waals surface area contributed by atoms with E-state index in [0.29, 0.717) is 0 Å². The van der Waals surface area contributed by atoms with E-state index < -0.39 is 0 Å². The molecule has 0 aliphatic rings. The molecule has 0 saturated carbocycles. The molecule has 0 unspecified atom stereocenters. The van der Waals surface area contributed by atoms with Gasteiger partial charge in [0.15, 0.2) is 0 Å². The summed E-state index contributed by atoms with van der Waals surface area (Å²) in [6.45, 7) is 0.